The zero-order chi connectivity index (χ0) is 19.9. The van der Waals surface area contributed by atoms with E-state index in [-0.39, 0.29) is 12.0 Å². The maximum Gasteiger partial charge on any atom is 0.339 e. The monoisotopic (exact) mass is 383 g/mol. The van der Waals surface area contributed by atoms with E-state index in [1.54, 1.807) is 41.3 Å². The minimum Gasteiger partial charge on any atom is -0.491 e. The van der Waals surface area contributed by atoms with Gasteiger partial charge in [0.1, 0.15) is 5.75 Å². The molecule has 1 heterocycles. The van der Waals surface area contributed by atoms with E-state index in [9.17, 15) is 9.59 Å². The van der Waals surface area contributed by atoms with E-state index in [0.717, 1.165) is 0 Å². The molecule has 0 unspecified atom stereocenters. The fourth-order valence-corrected chi connectivity index (χ4v) is 2.96. The molecule has 0 bridgehead atoms. The summed E-state index contributed by atoms with van der Waals surface area (Å²) in [5.74, 6) is -0.107. The van der Waals surface area contributed by atoms with E-state index >= 15 is 0 Å². The lowest BCUT2D eigenvalue weighted by Gasteiger charge is -2.30. The van der Waals surface area contributed by atoms with Crippen LogP contribution in [-0.2, 0) is 14.3 Å². The Balaban J connectivity index is 1.77. The number of carbonyl (C=O) groups excluding carboxylic acids is 2. The van der Waals surface area contributed by atoms with Crippen molar-refractivity contribution in [3.8, 4) is 5.75 Å². The Kier molecular flexibility index (Phi) is 6.66. The van der Waals surface area contributed by atoms with E-state index in [1.807, 2.05) is 32.0 Å². The zero-order valence-electron chi connectivity index (χ0n) is 16.2. The maximum absolute atomic E-state index is 13.0. The van der Waals surface area contributed by atoms with Crippen LogP contribution in [0.3, 0.4) is 0 Å². The summed E-state index contributed by atoms with van der Waals surface area (Å²) in [6.45, 7) is 5.81. The molecule has 0 saturated carbocycles. The number of morpholine rings is 1. The molecule has 0 radical (unpaired) electrons. The van der Waals surface area contributed by atoms with Crippen molar-refractivity contribution in [2.75, 3.05) is 26.3 Å². The molecule has 0 N–H and O–H groups in total. The smallest absolute Gasteiger partial charge is 0.339 e. The molecule has 0 aromatic heterocycles. The molecule has 2 aromatic rings. The summed E-state index contributed by atoms with van der Waals surface area (Å²) in [6.07, 6.45) is -0.940. The van der Waals surface area contributed by atoms with Crippen molar-refractivity contribution in [1.29, 1.82) is 0 Å². The lowest BCUT2D eigenvalue weighted by atomic mass is 10.1. The number of nitrogens with zero attached hydrogens (tertiary/aromatic N) is 1. The lowest BCUT2D eigenvalue weighted by Crippen LogP contribution is -2.44. The van der Waals surface area contributed by atoms with Crippen LogP contribution in [0, 0.1) is 0 Å². The Morgan fingerprint density at radius 2 is 1.61 bits per heavy atom. The molecule has 1 atom stereocenters. The van der Waals surface area contributed by atoms with Gasteiger partial charge in [-0.3, -0.25) is 4.79 Å². The number of esters is 1. The van der Waals surface area contributed by atoms with Crippen molar-refractivity contribution in [2.45, 2.75) is 26.1 Å². The second-order valence-corrected chi connectivity index (χ2v) is 6.82. The first-order chi connectivity index (χ1) is 13.5. The second-order valence-electron chi connectivity index (χ2n) is 6.82. The highest BCUT2D eigenvalue weighted by molar-refractivity contribution is 5.92. The summed E-state index contributed by atoms with van der Waals surface area (Å²) in [5, 5.41) is 0. The van der Waals surface area contributed by atoms with Crippen LogP contribution in [0.2, 0.25) is 0 Å². The average molecular weight is 383 g/mol. The predicted molar refractivity (Wildman–Crippen MR) is 104 cm³/mol. The van der Waals surface area contributed by atoms with Gasteiger partial charge in [-0.15, -0.1) is 0 Å². The molecule has 6 nitrogen and oxygen atoms in total. The fourth-order valence-electron chi connectivity index (χ4n) is 2.96. The van der Waals surface area contributed by atoms with Crippen molar-refractivity contribution < 1.29 is 23.8 Å². The van der Waals surface area contributed by atoms with Gasteiger partial charge in [0, 0.05) is 18.7 Å². The molecule has 28 heavy (non-hydrogen) atoms. The largest absolute Gasteiger partial charge is 0.491 e. The van der Waals surface area contributed by atoms with Crippen LogP contribution in [0.15, 0.2) is 54.6 Å². The van der Waals surface area contributed by atoms with Gasteiger partial charge in [0.2, 0.25) is 6.10 Å². The van der Waals surface area contributed by atoms with Gasteiger partial charge in [0.25, 0.3) is 5.91 Å². The minimum atomic E-state index is -0.988. The molecule has 1 aliphatic heterocycles. The molecule has 1 fully saturated rings. The molecule has 6 heteroatoms. The van der Waals surface area contributed by atoms with Gasteiger partial charge < -0.3 is 19.1 Å². The highest BCUT2D eigenvalue weighted by atomic mass is 16.5. The number of ether oxygens (including phenoxy) is 3. The van der Waals surface area contributed by atoms with Crippen molar-refractivity contribution in [3.05, 3.63) is 65.7 Å². The summed E-state index contributed by atoms with van der Waals surface area (Å²) >= 11 is 0. The van der Waals surface area contributed by atoms with E-state index in [1.165, 1.54) is 0 Å². The standard InChI is InChI=1S/C22H25NO5/c1-16(2)27-19-10-8-18(9-11-19)22(25)28-20(17-6-4-3-5-7-17)21(24)23-12-14-26-15-13-23/h3-11,16,20H,12-15H2,1-2H3/t20-/m1/s1. The third-order valence-electron chi connectivity index (χ3n) is 4.34. The summed E-state index contributed by atoms with van der Waals surface area (Å²) in [4.78, 5) is 27.4. The average Bonchev–Trinajstić information content (AvgIpc) is 2.73. The number of hydrogen-bond acceptors (Lipinski definition) is 5. The van der Waals surface area contributed by atoms with E-state index in [4.69, 9.17) is 14.2 Å². The third-order valence-corrected chi connectivity index (χ3v) is 4.34. The zero-order valence-corrected chi connectivity index (χ0v) is 16.2. The van der Waals surface area contributed by atoms with E-state index in [0.29, 0.717) is 43.2 Å². The molecule has 3 rings (SSSR count). The molecule has 148 valence electrons. The van der Waals surface area contributed by atoms with Gasteiger partial charge in [-0.2, -0.15) is 0 Å². The van der Waals surface area contributed by atoms with Crippen LogP contribution in [0.5, 0.6) is 5.75 Å². The van der Waals surface area contributed by atoms with Crippen LogP contribution >= 0.6 is 0 Å². The number of rotatable bonds is 6. The first kappa shape index (κ1) is 19.9. The molecule has 2 aromatic carbocycles. The van der Waals surface area contributed by atoms with E-state index < -0.39 is 12.1 Å². The molecular weight excluding hydrogens is 358 g/mol. The minimum absolute atomic E-state index is 0.0476. The van der Waals surface area contributed by atoms with Gasteiger partial charge in [0.05, 0.1) is 24.9 Å². The topological polar surface area (TPSA) is 65.1 Å². The molecule has 0 spiro atoms. The number of hydrogen-bond donors (Lipinski definition) is 0. The Morgan fingerprint density at radius 1 is 0.964 bits per heavy atom. The third kappa shape index (κ3) is 5.10. The van der Waals surface area contributed by atoms with Gasteiger partial charge in [0.15, 0.2) is 0 Å². The van der Waals surface area contributed by atoms with Crippen LogP contribution in [-0.4, -0.2) is 49.2 Å². The summed E-state index contributed by atoms with van der Waals surface area (Å²) in [7, 11) is 0. The first-order valence-corrected chi connectivity index (χ1v) is 9.44. The Hall–Kier alpha value is -2.86. The van der Waals surface area contributed by atoms with Crippen molar-refractivity contribution >= 4 is 11.9 Å². The van der Waals surface area contributed by atoms with Gasteiger partial charge in [-0.25, -0.2) is 4.79 Å². The highest BCUT2D eigenvalue weighted by Crippen LogP contribution is 2.23. The van der Waals surface area contributed by atoms with Crippen LogP contribution < -0.4 is 4.74 Å². The lowest BCUT2D eigenvalue weighted by molar-refractivity contribution is -0.145. The molecule has 1 amide bonds. The quantitative estimate of drug-likeness (QED) is 0.717. The number of carbonyl (C=O) groups is 2. The van der Waals surface area contributed by atoms with Crippen LogP contribution in [0.25, 0.3) is 0 Å². The van der Waals surface area contributed by atoms with Crippen molar-refractivity contribution in [1.82, 2.24) is 4.90 Å². The van der Waals surface area contributed by atoms with Gasteiger partial charge >= 0.3 is 5.97 Å². The van der Waals surface area contributed by atoms with Crippen LogP contribution in [0.1, 0.15) is 35.9 Å². The SMILES string of the molecule is CC(C)Oc1ccc(C(=O)O[C@@H](C(=O)N2CCOCC2)c2ccccc2)cc1. The Bertz CT molecular complexity index is 782. The molecule has 0 aliphatic carbocycles. The van der Waals surface area contributed by atoms with Gasteiger partial charge in [-0.1, -0.05) is 30.3 Å². The van der Waals surface area contributed by atoms with Gasteiger partial charge in [-0.05, 0) is 38.1 Å². The second kappa shape index (κ2) is 9.37. The Labute approximate surface area is 165 Å². The maximum atomic E-state index is 13.0. The first-order valence-electron chi connectivity index (χ1n) is 9.44. The normalized spacial score (nSPS) is 15.2. The molecule has 1 aliphatic rings. The number of benzene rings is 2. The van der Waals surface area contributed by atoms with E-state index in [2.05, 4.69) is 0 Å². The van der Waals surface area contributed by atoms with Crippen molar-refractivity contribution in [3.63, 3.8) is 0 Å². The molecular formula is C22H25NO5. The summed E-state index contributed by atoms with van der Waals surface area (Å²) in [6, 6.07) is 15.8. The summed E-state index contributed by atoms with van der Waals surface area (Å²) < 4.78 is 16.5. The predicted octanol–water partition coefficient (Wildman–Crippen LogP) is 3.23. The highest BCUT2D eigenvalue weighted by Gasteiger charge is 2.30. The number of amides is 1. The fraction of sp³-hybridized carbons (Fsp3) is 0.364. The summed E-state index contributed by atoms with van der Waals surface area (Å²) in [5.41, 5.74) is 1.01. The Morgan fingerprint density at radius 3 is 2.21 bits per heavy atom. The van der Waals surface area contributed by atoms with Crippen LogP contribution in [0.4, 0.5) is 0 Å². The molecule has 1 saturated heterocycles. The van der Waals surface area contributed by atoms with Crippen molar-refractivity contribution in [2.24, 2.45) is 0 Å².